The first-order valence-corrected chi connectivity index (χ1v) is 7.12. The Balaban J connectivity index is 2.06. The molecule has 1 aromatic carbocycles. The molecule has 21 heavy (non-hydrogen) atoms. The highest BCUT2D eigenvalue weighted by Gasteiger charge is 2.12. The average Bonchev–Trinajstić information content (AvgIpc) is 2.85. The summed E-state index contributed by atoms with van der Waals surface area (Å²) in [5, 5.41) is 4.15. The monoisotopic (exact) mass is 289 g/mol. The van der Waals surface area contributed by atoms with E-state index in [0.717, 1.165) is 35.5 Å². The van der Waals surface area contributed by atoms with E-state index in [1.807, 2.05) is 44.6 Å². The molecule has 0 aliphatic carbocycles. The highest BCUT2D eigenvalue weighted by atomic mass is 16.5. The zero-order chi connectivity index (χ0) is 15.2. The van der Waals surface area contributed by atoms with Crippen molar-refractivity contribution in [1.29, 1.82) is 0 Å². The van der Waals surface area contributed by atoms with Crippen LogP contribution in [-0.2, 0) is 19.9 Å². The van der Waals surface area contributed by atoms with Gasteiger partial charge in [-0.25, -0.2) is 0 Å². The van der Waals surface area contributed by atoms with Crippen LogP contribution in [0.2, 0.25) is 0 Å². The molecule has 0 aliphatic rings. The van der Waals surface area contributed by atoms with Crippen molar-refractivity contribution in [2.24, 2.45) is 12.8 Å². The van der Waals surface area contributed by atoms with Gasteiger partial charge >= 0.3 is 0 Å². The number of nitrogens with zero attached hydrogens (tertiary/aromatic N) is 2. The van der Waals surface area contributed by atoms with E-state index in [1.165, 1.54) is 0 Å². The molecule has 114 valence electrons. The Kier molecular flexibility index (Phi) is 5.22. The molecule has 2 N–H and O–H groups in total. The lowest BCUT2D eigenvalue weighted by Crippen LogP contribution is -2.18. The molecule has 1 heterocycles. The van der Waals surface area contributed by atoms with Gasteiger partial charge in [0.05, 0.1) is 19.9 Å². The highest BCUT2D eigenvalue weighted by molar-refractivity contribution is 5.47. The molecule has 5 nitrogen and oxygen atoms in total. The molecular weight excluding hydrogens is 266 g/mol. The predicted molar refractivity (Wildman–Crippen MR) is 82.8 cm³/mol. The van der Waals surface area contributed by atoms with E-state index in [4.69, 9.17) is 15.2 Å². The summed E-state index contributed by atoms with van der Waals surface area (Å²) < 4.78 is 13.1. The molecule has 0 radical (unpaired) electrons. The van der Waals surface area contributed by atoms with Crippen LogP contribution < -0.4 is 15.2 Å². The fourth-order valence-electron chi connectivity index (χ4n) is 2.27. The summed E-state index contributed by atoms with van der Waals surface area (Å²) in [6.45, 7) is 2.57. The minimum atomic E-state index is 0.0813. The standard InChI is InChI=1S/C16H23N3O2/c1-12(17)9-14-5-4-6-15(20-3)16(14)21-8-7-13-10-18-19(2)11-13/h4-6,10-12H,7-9,17H2,1-3H3. The maximum Gasteiger partial charge on any atom is 0.164 e. The largest absolute Gasteiger partial charge is 0.493 e. The third-order valence-electron chi connectivity index (χ3n) is 3.22. The molecule has 0 amide bonds. The molecular formula is C16H23N3O2. The van der Waals surface area contributed by atoms with Crippen LogP contribution in [0, 0.1) is 0 Å². The number of aryl methyl sites for hydroxylation is 1. The number of nitrogens with two attached hydrogens (primary N) is 1. The number of para-hydroxylation sites is 1. The molecule has 2 rings (SSSR count). The summed E-state index contributed by atoms with van der Waals surface area (Å²) in [7, 11) is 3.56. The topological polar surface area (TPSA) is 62.3 Å². The zero-order valence-electron chi connectivity index (χ0n) is 12.9. The maximum atomic E-state index is 5.96. The molecule has 2 aromatic rings. The lowest BCUT2D eigenvalue weighted by atomic mass is 10.1. The van der Waals surface area contributed by atoms with Crippen molar-refractivity contribution >= 4 is 0 Å². The summed E-state index contributed by atoms with van der Waals surface area (Å²) in [6, 6.07) is 5.98. The molecule has 0 saturated heterocycles. The van der Waals surface area contributed by atoms with Gasteiger partial charge in [-0.1, -0.05) is 12.1 Å². The molecule has 1 atom stereocenters. The Morgan fingerprint density at radius 1 is 1.38 bits per heavy atom. The Labute approximate surface area is 125 Å². The Morgan fingerprint density at radius 3 is 2.81 bits per heavy atom. The number of methoxy groups -OCH3 is 1. The van der Waals surface area contributed by atoms with Crippen molar-refractivity contribution in [3.05, 3.63) is 41.7 Å². The van der Waals surface area contributed by atoms with Gasteiger partial charge in [-0.2, -0.15) is 5.10 Å². The lowest BCUT2D eigenvalue weighted by molar-refractivity contribution is 0.294. The number of rotatable bonds is 7. The van der Waals surface area contributed by atoms with Gasteiger partial charge in [0, 0.05) is 25.7 Å². The van der Waals surface area contributed by atoms with Crippen LogP contribution >= 0.6 is 0 Å². The van der Waals surface area contributed by atoms with Crippen LogP contribution in [0.3, 0.4) is 0 Å². The molecule has 5 heteroatoms. The van der Waals surface area contributed by atoms with Crippen LogP contribution in [-0.4, -0.2) is 29.5 Å². The molecule has 0 aliphatic heterocycles. The van der Waals surface area contributed by atoms with Crippen LogP contribution in [0.4, 0.5) is 0 Å². The van der Waals surface area contributed by atoms with Gasteiger partial charge in [0.15, 0.2) is 11.5 Å². The summed E-state index contributed by atoms with van der Waals surface area (Å²) in [6.07, 6.45) is 5.42. The third kappa shape index (κ3) is 4.23. The van der Waals surface area contributed by atoms with Crippen LogP contribution in [0.5, 0.6) is 11.5 Å². The molecule has 0 saturated carbocycles. The first kappa shape index (κ1) is 15.4. The molecule has 1 unspecified atom stereocenters. The quantitative estimate of drug-likeness (QED) is 0.846. The third-order valence-corrected chi connectivity index (χ3v) is 3.22. The predicted octanol–water partition coefficient (Wildman–Crippen LogP) is 1.94. The van der Waals surface area contributed by atoms with E-state index in [9.17, 15) is 0 Å². The Bertz CT molecular complexity index is 579. The highest BCUT2D eigenvalue weighted by Crippen LogP contribution is 2.31. The molecule has 1 aromatic heterocycles. The van der Waals surface area contributed by atoms with E-state index >= 15 is 0 Å². The van der Waals surface area contributed by atoms with Crippen LogP contribution in [0.1, 0.15) is 18.1 Å². The molecule has 0 fully saturated rings. The number of ether oxygens (including phenoxy) is 2. The van der Waals surface area contributed by atoms with E-state index in [2.05, 4.69) is 5.10 Å². The van der Waals surface area contributed by atoms with Crippen LogP contribution in [0.15, 0.2) is 30.6 Å². The van der Waals surface area contributed by atoms with Crippen molar-refractivity contribution in [3.8, 4) is 11.5 Å². The maximum absolute atomic E-state index is 5.96. The smallest absolute Gasteiger partial charge is 0.164 e. The van der Waals surface area contributed by atoms with Gasteiger partial charge in [0.2, 0.25) is 0 Å². The minimum absolute atomic E-state index is 0.0813. The Hall–Kier alpha value is -2.01. The van der Waals surface area contributed by atoms with E-state index < -0.39 is 0 Å². The summed E-state index contributed by atoms with van der Waals surface area (Å²) in [5.74, 6) is 1.54. The normalized spacial score (nSPS) is 12.2. The first-order chi connectivity index (χ1) is 10.1. The Morgan fingerprint density at radius 2 is 2.19 bits per heavy atom. The second-order valence-electron chi connectivity index (χ2n) is 5.25. The lowest BCUT2D eigenvalue weighted by Gasteiger charge is -2.16. The van der Waals surface area contributed by atoms with E-state index in [0.29, 0.717) is 6.61 Å². The molecule has 0 bridgehead atoms. The summed E-state index contributed by atoms with van der Waals surface area (Å²) >= 11 is 0. The number of hydrogen-bond acceptors (Lipinski definition) is 4. The number of hydrogen-bond donors (Lipinski definition) is 1. The van der Waals surface area contributed by atoms with Crippen molar-refractivity contribution in [2.75, 3.05) is 13.7 Å². The van der Waals surface area contributed by atoms with Crippen molar-refractivity contribution in [2.45, 2.75) is 25.8 Å². The average molecular weight is 289 g/mol. The van der Waals surface area contributed by atoms with Gasteiger partial charge in [0.1, 0.15) is 0 Å². The van der Waals surface area contributed by atoms with Gasteiger partial charge in [-0.15, -0.1) is 0 Å². The first-order valence-electron chi connectivity index (χ1n) is 7.12. The second kappa shape index (κ2) is 7.13. The van der Waals surface area contributed by atoms with Gasteiger partial charge in [-0.3, -0.25) is 4.68 Å². The van der Waals surface area contributed by atoms with Gasteiger partial charge < -0.3 is 15.2 Å². The summed E-state index contributed by atoms with van der Waals surface area (Å²) in [5.41, 5.74) is 8.13. The fourth-order valence-corrected chi connectivity index (χ4v) is 2.27. The van der Waals surface area contributed by atoms with Gasteiger partial charge in [0.25, 0.3) is 0 Å². The zero-order valence-corrected chi connectivity index (χ0v) is 12.9. The number of aromatic nitrogens is 2. The summed E-state index contributed by atoms with van der Waals surface area (Å²) in [4.78, 5) is 0. The van der Waals surface area contributed by atoms with Crippen molar-refractivity contribution < 1.29 is 9.47 Å². The van der Waals surface area contributed by atoms with Crippen molar-refractivity contribution in [3.63, 3.8) is 0 Å². The minimum Gasteiger partial charge on any atom is -0.493 e. The molecule has 0 spiro atoms. The number of benzene rings is 1. The second-order valence-corrected chi connectivity index (χ2v) is 5.25. The van der Waals surface area contributed by atoms with E-state index in [-0.39, 0.29) is 6.04 Å². The van der Waals surface area contributed by atoms with Crippen LogP contribution in [0.25, 0.3) is 0 Å². The van der Waals surface area contributed by atoms with Gasteiger partial charge in [-0.05, 0) is 30.5 Å². The van der Waals surface area contributed by atoms with E-state index in [1.54, 1.807) is 11.8 Å². The van der Waals surface area contributed by atoms with Crippen molar-refractivity contribution in [1.82, 2.24) is 9.78 Å². The SMILES string of the molecule is COc1cccc(CC(C)N)c1OCCc1cnn(C)c1. The fraction of sp³-hybridized carbons (Fsp3) is 0.438.